The predicted molar refractivity (Wildman–Crippen MR) is 62.7 cm³/mol. The van der Waals surface area contributed by atoms with Gasteiger partial charge in [0, 0.05) is 6.54 Å². The lowest BCUT2D eigenvalue weighted by Gasteiger charge is -2.15. The first-order chi connectivity index (χ1) is 8.43. The van der Waals surface area contributed by atoms with E-state index in [1.165, 1.54) is 0 Å². The highest BCUT2D eigenvalue weighted by atomic mass is 16.3. The maximum Gasteiger partial charge on any atom is 0.192 e. The monoisotopic (exact) mass is 231 g/mol. The molecule has 17 heavy (non-hydrogen) atoms. The van der Waals surface area contributed by atoms with E-state index >= 15 is 0 Å². The number of hydrogen-bond donors (Lipinski definition) is 2. The van der Waals surface area contributed by atoms with Crippen molar-refractivity contribution < 1.29 is 8.83 Å². The van der Waals surface area contributed by atoms with Crippen molar-refractivity contribution in [3.63, 3.8) is 0 Å². The Morgan fingerprint density at radius 2 is 1.88 bits per heavy atom. The van der Waals surface area contributed by atoms with Crippen molar-refractivity contribution in [1.82, 2.24) is 10.6 Å². The molecule has 0 fully saturated rings. The first kappa shape index (κ1) is 10.0. The maximum atomic E-state index is 5.42. The zero-order valence-corrected chi connectivity index (χ0v) is 9.22. The minimum atomic E-state index is -0.149. The number of hydrogen-bond acceptors (Lipinski definition) is 5. The van der Waals surface area contributed by atoms with E-state index in [4.69, 9.17) is 8.83 Å². The lowest BCUT2D eigenvalue weighted by molar-refractivity contribution is 0.414. The first-order valence-corrected chi connectivity index (χ1v) is 5.55. The Hall–Kier alpha value is -2.17. The highest BCUT2D eigenvalue weighted by Crippen LogP contribution is 2.22. The van der Waals surface area contributed by atoms with Gasteiger partial charge in [0.2, 0.25) is 0 Å². The molecule has 3 rings (SSSR count). The van der Waals surface area contributed by atoms with Crippen molar-refractivity contribution in [3.8, 4) is 0 Å². The minimum Gasteiger partial charge on any atom is -0.467 e. The van der Waals surface area contributed by atoms with Crippen LogP contribution in [0.2, 0.25) is 0 Å². The minimum absolute atomic E-state index is 0.149. The fourth-order valence-electron chi connectivity index (χ4n) is 1.82. The molecule has 3 heterocycles. The van der Waals surface area contributed by atoms with Gasteiger partial charge in [-0.25, -0.2) is 0 Å². The molecule has 2 N–H and O–H groups in total. The zero-order valence-electron chi connectivity index (χ0n) is 9.22. The number of guanidine groups is 1. The van der Waals surface area contributed by atoms with Gasteiger partial charge < -0.3 is 19.5 Å². The molecule has 0 bridgehead atoms. The molecule has 88 valence electrons. The summed E-state index contributed by atoms with van der Waals surface area (Å²) < 4.78 is 10.8. The molecule has 1 aliphatic heterocycles. The van der Waals surface area contributed by atoms with E-state index in [-0.39, 0.29) is 6.04 Å². The van der Waals surface area contributed by atoms with E-state index in [0.717, 1.165) is 30.6 Å². The van der Waals surface area contributed by atoms with Gasteiger partial charge in [0.15, 0.2) is 5.96 Å². The molecule has 0 spiro atoms. The molecule has 0 saturated carbocycles. The van der Waals surface area contributed by atoms with Crippen molar-refractivity contribution in [1.29, 1.82) is 0 Å². The summed E-state index contributed by atoms with van der Waals surface area (Å²) in [5.74, 6) is 2.38. The second-order valence-electron chi connectivity index (χ2n) is 3.77. The van der Waals surface area contributed by atoms with Gasteiger partial charge in [-0.15, -0.1) is 0 Å². The molecular weight excluding hydrogens is 218 g/mol. The quantitative estimate of drug-likeness (QED) is 0.840. The molecule has 0 amide bonds. The Balaban J connectivity index is 1.86. The second kappa shape index (κ2) is 4.37. The van der Waals surface area contributed by atoms with E-state index in [2.05, 4.69) is 15.6 Å². The molecule has 1 aliphatic rings. The smallest absolute Gasteiger partial charge is 0.192 e. The van der Waals surface area contributed by atoms with Crippen LogP contribution in [0.25, 0.3) is 0 Å². The summed E-state index contributed by atoms with van der Waals surface area (Å²) in [5.41, 5.74) is 0. The van der Waals surface area contributed by atoms with Gasteiger partial charge >= 0.3 is 0 Å². The van der Waals surface area contributed by atoms with Gasteiger partial charge in [0.1, 0.15) is 17.6 Å². The Bertz CT molecular complexity index is 454. The van der Waals surface area contributed by atoms with E-state index in [9.17, 15) is 0 Å². The van der Waals surface area contributed by atoms with E-state index < -0.39 is 0 Å². The summed E-state index contributed by atoms with van der Waals surface area (Å²) in [6.07, 6.45) is 3.30. The third-order valence-electron chi connectivity index (χ3n) is 2.61. The van der Waals surface area contributed by atoms with Crippen LogP contribution in [0.15, 0.2) is 50.6 Å². The normalized spacial score (nSPS) is 14.8. The molecule has 0 aliphatic carbocycles. The standard InChI is InChI=1S/C12H13N3O2/c1-3-9(16-7-1)11(10-4-2-8-17-10)15-12-13-5-6-14-12/h1-4,7-8,11H,5-6H2,(H2,13,14,15). The summed E-state index contributed by atoms with van der Waals surface area (Å²) in [4.78, 5) is 4.31. The van der Waals surface area contributed by atoms with E-state index in [1.54, 1.807) is 12.5 Å². The molecule has 2 aromatic rings. The highest BCUT2D eigenvalue weighted by Gasteiger charge is 2.21. The molecule has 0 saturated heterocycles. The fraction of sp³-hybridized carbons (Fsp3) is 0.250. The lowest BCUT2D eigenvalue weighted by atomic mass is 10.2. The largest absolute Gasteiger partial charge is 0.467 e. The average molecular weight is 231 g/mol. The van der Waals surface area contributed by atoms with Crippen LogP contribution in [0.3, 0.4) is 0 Å². The van der Waals surface area contributed by atoms with Crippen LogP contribution in [0, 0.1) is 0 Å². The van der Waals surface area contributed by atoms with Crippen molar-refractivity contribution in [2.24, 2.45) is 4.99 Å². The molecule has 5 heteroatoms. The number of rotatable bonds is 3. The van der Waals surface area contributed by atoms with Gasteiger partial charge in [-0.05, 0) is 24.3 Å². The number of furan rings is 2. The van der Waals surface area contributed by atoms with Gasteiger partial charge in [0.25, 0.3) is 0 Å². The van der Waals surface area contributed by atoms with Crippen molar-refractivity contribution in [2.45, 2.75) is 6.04 Å². The SMILES string of the molecule is c1coc(C(NC2=NCCN2)c2ccco2)c1. The molecule has 5 nitrogen and oxygen atoms in total. The van der Waals surface area contributed by atoms with Crippen LogP contribution in [-0.4, -0.2) is 19.0 Å². The zero-order chi connectivity index (χ0) is 11.5. The Morgan fingerprint density at radius 3 is 2.35 bits per heavy atom. The summed E-state index contributed by atoms with van der Waals surface area (Å²) in [6, 6.07) is 7.39. The number of nitrogens with one attached hydrogen (secondary N) is 2. The predicted octanol–water partition coefficient (Wildman–Crippen LogP) is 1.51. The average Bonchev–Trinajstić information content (AvgIpc) is 3.09. The van der Waals surface area contributed by atoms with E-state index in [0.29, 0.717) is 0 Å². The van der Waals surface area contributed by atoms with Crippen LogP contribution in [0.5, 0.6) is 0 Å². The topological polar surface area (TPSA) is 62.7 Å². The first-order valence-electron chi connectivity index (χ1n) is 5.55. The van der Waals surface area contributed by atoms with Gasteiger partial charge in [-0.3, -0.25) is 4.99 Å². The molecule has 0 aromatic carbocycles. The van der Waals surface area contributed by atoms with Crippen molar-refractivity contribution >= 4 is 5.96 Å². The van der Waals surface area contributed by atoms with Crippen LogP contribution in [0.1, 0.15) is 17.6 Å². The van der Waals surface area contributed by atoms with E-state index in [1.807, 2.05) is 24.3 Å². The molecular formula is C12H13N3O2. The van der Waals surface area contributed by atoms with Gasteiger partial charge in [-0.1, -0.05) is 0 Å². The summed E-state index contributed by atoms with van der Waals surface area (Å²) in [5, 5.41) is 6.44. The van der Waals surface area contributed by atoms with Crippen molar-refractivity contribution in [2.75, 3.05) is 13.1 Å². The third kappa shape index (κ3) is 2.04. The second-order valence-corrected chi connectivity index (χ2v) is 3.77. The third-order valence-corrected chi connectivity index (χ3v) is 2.61. The summed E-state index contributed by atoms with van der Waals surface area (Å²) in [6.45, 7) is 1.66. The summed E-state index contributed by atoms with van der Waals surface area (Å²) in [7, 11) is 0. The molecule has 0 atom stereocenters. The molecule has 0 unspecified atom stereocenters. The van der Waals surface area contributed by atoms with Crippen LogP contribution in [-0.2, 0) is 0 Å². The number of aliphatic imine (C=N–C) groups is 1. The van der Waals surface area contributed by atoms with Crippen LogP contribution < -0.4 is 10.6 Å². The summed E-state index contributed by atoms with van der Waals surface area (Å²) >= 11 is 0. The maximum absolute atomic E-state index is 5.42. The fourth-order valence-corrected chi connectivity index (χ4v) is 1.82. The van der Waals surface area contributed by atoms with Crippen LogP contribution >= 0.6 is 0 Å². The Morgan fingerprint density at radius 1 is 1.18 bits per heavy atom. The highest BCUT2D eigenvalue weighted by molar-refractivity contribution is 5.81. The molecule has 0 radical (unpaired) electrons. The lowest BCUT2D eigenvalue weighted by Crippen LogP contribution is -2.36. The molecule has 2 aromatic heterocycles. The Kier molecular flexibility index (Phi) is 2.57. The van der Waals surface area contributed by atoms with Gasteiger partial charge in [-0.2, -0.15) is 0 Å². The van der Waals surface area contributed by atoms with Crippen molar-refractivity contribution in [3.05, 3.63) is 48.3 Å². The number of nitrogens with zero attached hydrogens (tertiary/aromatic N) is 1. The van der Waals surface area contributed by atoms with Crippen LogP contribution in [0.4, 0.5) is 0 Å². The van der Waals surface area contributed by atoms with Gasteiger partial charge in [0.05, 0.1) is 19.1 Å². The Labute approximate surface area is 98.5 Å².